The Balaban J connectivity index is 0. The summed E-state index contributed by atoms with van der Waals surface area (Å²) in [5.74, 6) is -0.219. The third kappa shape index (κ3) is 11.9. The molecule has 5 heteroatoms. The van der Waals surface area contributed by atoms with Gasteiger partial charge in [-0.05, 0) is 6.42 Å². The van der Waals surface area contributed by atoms with Crippen LogP contribution in [-0.4, -0.2) is 18.7 Å². The molecule has 0 aliphatic carbocycles. The van der Waals surface area contributed by atoms with Crippen LogP contribution in [0.5, 0.6) is 0 Å². The summed E-state index contributed by atoms with van der Waals surface area (Å²) in [6.45, 7) is 1.84. The summed E-state index contributed by atoms with van der Waals surface area (Å²) in [5.41, 5.74) is 0. The van der Waals surface area contributed by atoms with Gasteiger partial charge in [0.2, 0.25) is 0 Å². The van der Waals surface area contributed by atoms with Crippen molar-refractivity contribution in [3.63, 3.8) is 0 Å². The molecule has 0 amide bonds. The molecule has 50 valence electrons. The summed E-state index contributed by atoms with van der Waals surface area (Å²) >= 11 is 0. The molecule has 0 atom stereocenters. The SMILES string of the molecule is CCCCS(=O)(=O)[O-].[Li+]. The normalized spacial score (nSPS) is 10.4. The van der Waals surface area contributed by atoms with Gasteiger partial charge in [0, 0.05) is 5.75 Å². The molecule has 0 aliphatic rings. The summed E-state index contributed by atoms with van der Waals surface area (Å²) in [6.07, 6.45) is 1.23. The molecule has 0 heterocycles. The molecule has 0 radical (unpaired) electrons. The standard InChI is InChI=1S/C4H10O3S.Li/c1-2-3-4-8(5,6)7;/h2-4H2,1H3,(H,5,6,7);/q;+1/p-1. The summed E-state index contributed by atoms with van der Waals surface area (Å²) in [4.78, 5) is 0. The van der Waals surface area contributed by atoms with Crippen molar-refractivity contribution >= 4 is 10.1 Å². The van der Waals surface area contributed by atoms with Crippen LogP contribution in [-0.2, 0) is 10.1 Å². The number of unbranched alkanes of at least 4 members (excludes halogenated alkanes) is 1. The first-order valence-electron chi connectivity index (χ1n) is 2.50. The average Bonchev–Trinajstić information content (AvgIpc) is 1.59. The fourth-order valence-electron chi connectivity index (χ4n) is 0.321. The maximum Gasteiger partial charge on any atom is 1.00 e. The van der Waals surface area contributed by atoms with E-state index in [1.165, 1.54) is 0 Å². The summed E-state index contributed by atoms with van der Waals surface area (Å²) in [7, 11) is -3.94. The molecule has 9 heavy (non-hydrogen) atoms. The van der Waals surface area contributed by atoms with Gasteiger partial charge in [-0.25, -0.2) is 8.42 Å². The molecule has 0 aromatic rings. The Kier molecular flexibility index (Phi) is 7.20. The van der Waals surface area contributed by atoms with Gasteiger partial charge in [-0.2, -0.15) is 0 Å². The monoisotopic (exact) mass is 144 g/mol. The molecule has 0 unspecified atom stereocenters. The Hall–Kier alpha value is 0.507. The maximum absolute atomic E-state index is 9.83. The van der Waals surface area contributed by atoms with Crippen molar-refractivity contribution in [2.75, 3.05) is 5.75 Å². The van der Waals surface area contributed by atoms with E-state index < -0.39 is 10.1 Å². The van der Waals surface area contributed by atoms with Crippen LogP contribution in [0.3, 0.4) is 0 Å². The number of hydrogen-bond acceptors (Lipinski definition) is 3. The van der Waals surface area contributed by atoms with Gasteiger partial charge in [0.15, 0.2) is 0 Å². The van der Waals surface area contributed by atoms with Crippen LogP contribution in [0.25, 0.3) is 0 Å². The van der Waals surface area contributed by atoms with Crippen LogP contribution in [0.1, 0.15) is 19.8 Å². The zero-order chi connectivity index (χ0) is 6.62. The second-order valence-electron chi connectivity index (χ2n) is 1.62. The smallest absolute Gasteiger partial charge is 0.748 e. The van der Waals surface area contributed by atoms with E-state index in [9.17, 15) is 13.0 Å². The third-order valence-electron chi connectivity index (χ3n) is 0.748. The second-order valence-corrected chi connectivity index (χ2v) is 3.14. The minimum absolute atomic E-state index is 0. The van der Waals surface area contributed by atoms with E-state index in [-0.39, 0.29) is 24.6 Å². The summed E-state index contributed by atoms with van der Waals surface area (Å²) in [6, 6.07) is 0. The van der Waals surface area contributed by atoms with Crippen molar-refractivity contribution in [2.45, 2.75) is 19.8 Å². The first-order chi connectivity index (χ1) is 3.56. The Bertz CT molecular complexity index is 140. The van der Waals surface area contributed by atoms with E-state index in [0.29, 0.717) is 6.42 Å². The van der Waals surface area contributed by atoms with E-state index in [1.807, 2.05) is 6.92 Å². The predicted molar refractivity (Wildman–Crippen MR) is 29.5 cm³/mol. The molecule has 0 saturated heterocycles. The van der Waals surface area contributed by atoms with Gasteiger partial charge in [-0.3, -0.25) is 0 Å². The first-order valence-corrected chi connectivity index (χ1v) is 4.07. The van der Waals surface area contributed by atoms with Gasteiger partial charge in [-0.1, -0.05) is 13.3 Å². The maximum atomic E-state index is 9.83. The molecule has 0 aromatic carbocycles. The number of rotatable bonds is 3. The molecule has 0 aliphatic heterocycles. The quantitative estimate of drug-likeness (QED) is 0.321. The second kappa shape index (κ2) is 5.30. The van der Waals surface area contributed by atoms with E-state index in [0.717, 1.165) is 6.42 Å². The Morgan fingerprint density at radius 1 is 1.44 bits per heavy atom. The van der Waals surface area contributed by atoms with Gasteiger partial charge in [0.1, 0.15) is 0 Å². The van der Waals surface area contributed by atoms with E-state index >= 15 is 0 Å². The molecule has 0 saturated carbocycles. The minimum Gasteiger partial charge on any atom is -0.748 e. The van der Waals surface area contributed by atoms with Crippen molar-refractivity contribution in [3.05, 3.63) is 0 Å². The van der Waals surface area contributed by atoms with Crippen molar-refractivity contribution in [2.24, 2.45) is 0 Å². The van der Waals surface area contributed by atoms with Gasteiger partial charge >= 0.3 is 18.9 Å². The third-order valence-corrected chi connectivity index (χ3v) is 1.54. The van der Waals surface area contributed by atoms with E-state index in [1.54, 1.807) is 0 Å². The van der Waals surface area contributed by atoms with Crippen LogP contribution in [0, 0.1) is 0 Å². The minimum atomic E-state index is -3.94. The van der Waals surface area contributed by atoms with Gasteiger partial charge in [-0.15, -0.1) is 0 Å². The predicted octanol–water partition coefficient (Wildman–Crippen LogP) is -2.66. The molecule has 3 nitrogen and oxygen atoms in total. The zero-order valence-corrected chi connectivity index (χ0v) is 6.57. The molecule has 0 aromatic heterocycles. The molecule has 0 fully saturated rings. The van der Waals surface area contributed by atoms with Crippen LogP contribution >= 0.6 is 0 Å². The van der Waals surface area contributed by atoms with Crippen molar-refractivity contribution in [3.8, 4) is 0 Å². The van der Waals surface area contributed by atoms with Crippen LogP contribution < -0.4 is 18.9 Å². The molecule has 0 spiro atoms. The molecule has 0 N–H and O–H groups in total. The fraction of sp³-hybridized carbons (Fsp3) is 1.00. The topological polar surface area (TPSA) is 57.2 Å². The largest absolute Gasteiger partial charge is 1.00 e. The van der Waals surface area contributed by atoms with E-state index in [2.05, 4.69) is 0 Å². The van der Waals surface area contributed by atoms with Gasteiger partial charge in [0.25, 0.3) is 0 Å². The molecule has 0 bridgehead atoms. The Morgan fingerprint density at radius 3 is 2.00 bits per heavy atom. The van der Waals surface area contributed by atoms with Crippen molar-refractivity contribution < 1.29 is 31.8 Å². The van der Waals surface area contributed by atoms with Crippen LogP contribution in [0.2, 0.25) is 0 Å². The summed E-state index contributed by atoms with van der Waals surface area (Å²) < 4.78 is 29.5. The molecular weight excluding hydrogens is 135 g/mol. The number of hydrogen-bond donors (Lipinski definition) is 0. The fourth-order valence-corrected chi connectivity index (χ4v) is 0.963. The molecular formula is C4H9LiO3S. The summed E-state index contributed by atoms with van der Waals surface area (Å²) in [5, 5.41) is 0. The van der Waals surface area contributed by atoms with Crippen molar-refractivity contribution in [1.82, 2.24) is 0 Å². The van der Waals surface area contributed by atoms with Crippen molar-refractivity contribution in [1.29, 1.82) is 0 Å². The van der Waals surface area contributed by atoms with Gasteiger partial charge in [0.05, 0.1) is 10.1 Å². The Morgan fingerprint density at radius 2 is 1.89 bits per heavy atom. The average molecular weight is 144 g/mol. The van der Waals surface area contributed by atoms with E-state index in [4.69, 9.17) is 0 Å². The van der Waals surface area contributed by atoms with Crippen LogP contribution in [0.15, 0.2) is 0 Å². The molecule has 0 rings (SSSR count). The first kappa shape index (κ1) is 12.2. The zero-order valence-electron chi connectivity index (χ0n) is 5.75. The Labute approximate surface area is 67.8 Å². The van der Waals surface area contributed by atoms with Crippen LogP contribution in [0.4, 0.5) is 0 Å². The van der Waals surface area contributed by atoms with Gasteiger partial charge < -0.3 is 4.55 Å².